The number of carbonyl (C=O) groups is 3. The molecule has 2 saturated heterocycles. The molecule has 1 aromatic carbocycles. The van der Waals surface area contributed by atoms with Crippen LogP contribution in [0.4, 0.5) is 28.9 Å². The molecule has 0 radical (unpaired) electrons. The smallest absolute Gasteiger partial charge is 0.386 e. The van der Waals surface area contributed by atoms with Crippen LogP contribution in [0.15, 0.2) is 53.8 Å². The monoisotopic (exact) mass is 848 g/mol. The van der Waals surface area contributed by atoms with Crippen molar-refractivity contribution in [1.29, 1.82) is 0 Å². The SMILES string of the molecule is CN(CC1CCC(c2cn3cc(NC(=O)c4cncc(C(F)(F)F)n4)c(C(C)(C)O)cc3n2)CC1)[C@H]1CCN(c2cccc3c2n(C)c(=O)n3C2CCC(=O)NC2=O)C[C@H]1F. The molecular weight excluding hydrogens is 801 g/mol. The van der Waals surface area contributed by atoms with Gasteiger partial charge in [-0.15, -0.1) is 0 Å². The fourth-order valence-electron chi connectivity index (χ4n) is 9.35. The minimum absolute atomic E-state index is 0.140. The van der Waals surface area contributed by atoms with Gasteiger partial charge in [0.2, 0.25) is 11.8 Å². The third kappa shape index (κ3) is 8.24. The summed E-state index contributed by atoms with van der Waals surface area (Å²) < 4.78 is 60.5. The predicted molar refractivity (Wildman–Crippen MR) is 217 cm³/mol. The summed E-state index contributed by atoms with van der Waals surface area (Å²) in [5, 5.41) is 15.9. The number of hydrogen-bond donors (Lipinski definition) is 3. The van der Waals surface area contributed by atoms with E-state index in [1.54, 1.807) is 35.8 Å². The van der Waals surface area contributed by atoms with Crippen molar-refractivity contribution in [3.63, 3.8) is 0 Å². The van der Waals surface area contributed by atoms with Crippen LogP contribution >= 0.6 is 0 Å². The van der Waals surface area contributed by atoms with Crippen LogP contribution in [0.3, 0.4) is 0 Å². The Bertz CT molecular complexity index is 2570. The predicted octanol–water partition coefficient (Wildman–Crippen LogP) is 5.08. The van der Waals surface area contributed by atoms with Crippen LogP contribution in [0, 0.1) is 5.92 Å². The molecular formula is C42H48F4N10O5. The number of halogens is 4. The standard InChI is InChI=1S/C42H48F4N10O5/c1-41(2,61)25-16-35-49-28(21-55(35)22-29(25)50-38(58)27-17-47-18-34(48-27)42(44,45)46)24-10-8-23(9-11-24)19-52(3)30-14-15-54(20-26(30)43)31-6-5-7-32-37(31)53(4)40(60)56(32)33-12-13-36(57)51-39(33)59/h5-7,16-18,21-24,26,30,33,61H,8-15,19-20H2,1-4H3,(H,50,58)(H,51,57,59)/t23?,24?,26-,30+,33?/m1/s1. The van der Waals surface area contributed by atoms with Gasteiger partial charge in [-0.05, 0) is 83.5 Å². The van der Waals surface area contributed by atoms with Crippen molar-refractivity contribution in [1.82, 2.24) is 38.7 Å². The maximum atomic E-state index is 16.1. The van der Waals surface area contributed by atoms with Crippen LogP contribution in [-0.4, -0.2) is 95.1 Å². The number of amides is 3. The zero-order chi connectivity index (χ0) is 43.5. The van der Waals surface area contributed by atoms with Crippen LogP contribution in [0.5, 0.6) is 0 Å². The molecule has 3 atom stereocenters. The number of piperidine rings is 2. The average Bonchev–Trinajstić information content (AvgIpc) is 3.74. The number of para-hydroxylation sites is 1. The molecule has 15 nitrogen and oxygen atoms in total. The number of aryl methyl sites for hydroxylation is 1. The van der Waals surface area contributed by atoms with Gasteiger partial charge in [0.25, 0.3) is 5.91 Å². The molecule has 0 bridgehead atoms. The van der Waals surface area contributed by atoms with E-state index in [9.17, 15) is 37.5 Å². The van der Waals surface area contributed by atoms with Gasteiger partial charge < -0.3 is 24.6 Å². The van der Waals surface area contributed by atoms with Gasteiger partial charge in [0, 0.05) is 56.5 Å². The Morgan fingerprint density at radius 2 is 1.79 bits per heavy atom. The number of anilines is 2. The first-order valence-corrected chi connectivity index (χ1v) is 20.5. The molecule has 1 aliphatic carbocycles. The maximum Gasteiger partial charge on any atom is 0.434 e. The summed E-state index contributed by atoms with van der Waals surface area (Å²) in [5.74, 6) is -1.29. The molecule has 19 heteroatoms. The van der Waals surface area contributed by atoms with Gasteiger partial charge in [0.05, 0.1) is 52.6 Å². The summed E-state index contributed by atoms with van der Waals surface area (Å²) in [6, 6.07) is 6.01. The van der Waals surface area contributed by atoms with Gasteiger partial charge in [-0.2, -0.15) is 13.2 Å². The molecule has 3 N–H and O–H groups in total. The number of aliphatic hydroxyl groups is 1. The molecule has 6 heterocycles. The Balaban J connectivity index is 0.900. The van der Waals surface area contributed by atoms with E-state index in [1.807, 2.05) is 24.2 Å². The van der Waals surface area contributed by atoms with Gasteiger partial charge in [0.15, 0.2) is 5.69 Å². The molecule has 5 aromatic rings. The highest BCUT2D eigenvalue weighted by atomic mass is 19.4. The van der Waals surface area contributed by atoms with Crippen LogP contribution in [-0.2, 0) is 28.4 Å². The third-order valence-electron chi connectivity index (χ3n) is 12.5. The molecule has 2 aliphatic heterocycles. The first kappa shape index (κ1) is 42.0. The first-order chi connectivity index (χ1) is 28.9. The zero-order valence-corrected chi connectivity index (χ0v) is 34.2. The van der Waals surface area contributed by atoms with Crippen molar-refractivity contribution in [2.75, 3.05) is 36.9 Å². The number of hydrogen-bond acceptors (Lipinski definition) is 10. The van der Waals surface area contributed by atoms with E-state index in [-0.39, 0.29) is 48.6 Å². The Morgan fingerprint density at radius 3 is 2.48 bits per heavy atom. The van der Waals surface area contributed by atoms with Gasteiger partial charge >= 0.3 is 11.9 Å². The van der Waals surface area contributed by atoms with E-state index in [0.29, 0.717) is 47.3 Å². The lowest BCUT2D eigenvalue weighted by Crippen LogP contribution is -2.52. The highest BCUT2D eigenvalue weighted by Crippen LogP contribution is 2.38. The normalized spacial score (nSPS) is 22.9. The summed E-state index contributed by atoms with van der Waals surface area (Å²) in [5.41, 5.74) is 0.162. The highest BCUT2D eigenvalue weighted by Gasteiger charge is 2.37. The number of pyridine rings is 1. The van der Waals surface area contributed by atoms with Gasteiger partial charge in [-0.3, -0.25) is 33.8 Å². The third-order valence-corrected chi connectivity index (χ3v) is 12.5. The van der Waals surface area contributed by atoms with Crippen molar-refractivity contribution in [2.45, 2.75) is 94.7 Å². The second kappa shape index (κ2) is 16.0. The molecule has 8 rings (SSSR count). The molecule has 0 spiro atoms. The summed E-state index contributed by atoms with van der Waals surface area (Å²) >= 11 is 0. The van der Waals surface area contributed by atoms with Gasteiger partial charge in [-0.1, -0.05) is 6.07 Å². The number of imidazole rings is 2. The quantitative estimate of drug-likeness (QED) is 0.134. The minimum Gasteiger partial charge on any atom is -0.386 e. The summed E-state index contributed by atoms with van der Waals surface area (Å²) in [6.07, 6.45) is 3.48. The summed E-state index contributed by atoms with van der Waals surface area (Å²) in [4.78, 5) is 66.9. The first-order valence-electron chi connectivity index (χ1n) is 20.5. The lowest BCUT2D eigenvalue weighted by Gasteiger charge is -2.42. The molecule has 1 saturated carbocycles. The number of aromatic nitrogens is 6. The molecule has 3 aliphatic rings. The fraction of sp³-hybridized carbons (Fsp3) is 0.500. The number of fused-ring (bicyclic) bond motifs is 2. The largest absolute Gasteiger partial charge is 0.434 e. The van der Waals surface area contributed by atoms with E-state index < -0.39 is 47.2 Å². The van der Waals surface area contributed by atoms with Crippen molar-refractivity contribution < 1.29 is 37.1 Å². The number of benzene rings is 1. The Hall–Kier alpha value is -5.69. The summed E-state index contributed by atoms with van der Waals surface area (Å²) in [6.45, 7) is 4.52. The van der Waals surface area contributed by atoms with E-state index in [0.717, 1.165) is 49.8 Å². The molecule has 61 heavy (non-hydrogen) atoms. The van der Waals surface area contributed by atoms with E-state index in [4.69, 9.17) is 4.98 Å². The molecule has 3 fully saturated rings. The maximum absolute atomic E-state index is 16.1. The second-order valence-electron chi connectivity index (χ2n) is 17.1. The minimum atomic E-state index is -4.78. The zero-order valence-electron chi connectivity index (χ0n) is 34.2. The Morgan fingerprint density at radius 1 is 1.03 bits per heavy atom. The van der Waals surface area contributed by atoms with E-state index in [2.05, 4.69) is 25.5 Å². The van der Waals surface area contributed by atoms with Crippen LogP contribution < -0.4 is 21.2 Å². The lowest BCUT2D eigenvalue weighted by molar-refractivity contribution is -0.141. The van der Waals surface area contributed by atoms with E-state index >= 15 is 4.39 Å². The van der Waals surface area contributed by atoms with Crippen molar-refractivity contribution >= 4 is 45.8 Å². The van der Waals surface area contributed by atoms with Crippen molar-refractivity contribution in [3.8, 4) is 0 Å². The van der Waals surface area contributed by atoms with Crippen LogP contribution in [0.2, 0.25) is 0 Å². The second-order valence-corrected chi connectivity index (χ2v) is 17.1. The van der Waals surface area contributed by atoms with Gasteiger partial charge in [-0.25, -0.2) is 19.2 Å². The van der Waals surface area contributed by atoms with Crippen molar-refractivity contribution in [3.05, 3.63) is 82.2 Å². The number of alkyl halides is 4. The highest BCUT2D eigenvalue weighted by molar-refractivity contribution is 6.03. The summed E-state index contributed by atoms with van der Waals surface area (Å²) in [7, 11) is 3.62. The molecule has 1 unspecified atom stereocenters. The van der Waals surface area contributed by atoms with E-state index in [1.165, 1.54) is 23.0 Å². The van der Waals surface area contributed by atoms with Crippen LogP contribution in [0.1, 0.15) is 98.2 Å². The topological polar surface area (TPSA) is 172 Å². The fourth-order valence-corrected chi connectivity index (χ4v) is 9.35. The molecule has 3 amide bonds. The number of imide groups is 1. The number of carbonyl (C=O) groups excluding carboxylic acids is 3. The Kier molecular flexibility index (Phi) is 11.0. The number of nitrogens with one attached hydrogen (secondary N) is 2. The van der Waals surface area contributed by atoms with Crippen LogP contribution in [0.25, 0.3) is 16.7 Å². The Labute approximate surface area is 347 Å². The number of rotatable bonds is 9. The molecule has 4 aromatic heterocycles. The van der Waals surface area contributed by atoms with Crippen molar-refractivity contribution in [2.24, 2.45) is 13.0 Å². The lowest BCUT2D eigenvalue weighted by atomic mass is 9.80. The average molecular weight is 849 g/mol. The van der Waals surface area contributed by atoms with Gasteiger partial charge in [0.1, 0.15) is 23.6 Å². The number of nitrogens with zero attached hydrogens (tertiary/aromatic N) is 8. The molecule has 324 valence electrons.